The Balaban J connectivity index is 1.81. The fourth-order valence-corrected chi connectivity index (χ4v) is 4.36. The van der Waals surface area contributed by atoms with E-state index in [0.717, 1.165) is 0 Å². The molecule has 10 heteroatoms. The molecule has 0 fully saturated rings. The number of para-hydroxylation sites is 2. The highest BCUT2D eigenvalue weighted by Gasteiger charge is 2.20. The molecule has 184 valence electrons. The number of aryl methyl sites for hydroxylation is 1. The van der Waals surface area contributed by atoms with Crippen molar-refractivity contribution in [3.05, 3.63) is 83.9 Å². The van der Waals surface area contributed by atoms with Crippen molar-refractivity contribution in [3.63, 3.8) is 0 Å². The lowest BCUT2D eigenvalue weighted by molar-refractivity contribution is 0.102. The zero-order valence-corrected chi connectivity index (χ0v) is 20.3. The molecule has 0 aliphatic heterocycles. The summed E-state index contributed by atoms with van der Waals surface area (Å²) in [4.78, 5) is 12.8. The summed E-state index contributed by atoms with van der Waals surface area (Å²) in [6.45, 7) is 3.90. The topological polar surface area (TPSA) is 138 Å². The molecule has 0 unspecified atom stereocenters. The molecule has 4 aromatic rings. The standard InChI is InChI=1S/C26H23N3O6S/c1-3-35-22-11-7-6-10-20(22)27-26(31)19-15-17-8-4-5-9-18(17)24(25(19)30)29-28-21-13-12-16(2)14-23(21)36(32,33)34/h4-15,30H,3H2,1-2H3,(H,27,31)(H,32,33,34). The molecule has 0 aliphatic rings. The first kappa shape index (κ1) is 24.8. The number of ether oxygens (including phenoxy) is 1. The third-order valence-electron chi connectivity index (χ3n) is 5.33. The van der Waals surface area contributed by atoms with E-state index in [1.54, 1.807) is 61.5 Å². The Bertz CT molecular complexity index is 1600. The number of aromatic hydroxyl groups is 1. The number of phenols is 1. The fraction of sp³-hybridized carbons (Fsp3) is 0.115. The van der Waals surface area contributed by atoms with Gasteiger partial charge in [-0.2, -0.15) is 8.42 Å². The van der Waals surface area contributed by atoms with Crippen molar-refractivity contribution < 1.29 is 27.6 Å². The Morgan fingerprint density at radius 1 is 1.00 bits per heavy atom. The molecular weight excluding hydrogens is 482 g/mol. The molecule has 9 nitrogen and oxygen atoms in total. The molecule has 0 aliphatic carbocycles. The maximum atomic E-state index is 13.2. The van der Waals surface area contributed by atoms with Crippen LogP contribution in [0.2, 0.25) is 0 Å². The maximum Gasteiger partial charge on any atom is 0.296 e. The number of carbonyl (C=O) groups excluding carboxylic acids is 1. The van der Waals surface area contributed by atoms with Crippen LogP contribution in [-0.2, 0) is 10.1 Å². The van der Waals surface area contributed by atoms with Crippen molar-refractivity contribution >= 4 is 43.9 Å². The molecule has 1 amide bonds. The number of hydrogen-bond donors (Lipinski definition) is 3. The summed E-state index contributed by atoms with van der Waals surface area (Å²) in [7, 11) is -4.57. The van der Waals surface area contributed by atoms with Crippen LogP contribution in [0.4, 0.5) is 17.1 Å². The van der Waals surface area contributed by atoms with Gasteiger partial charge >= 0.3 is 0 Å². The second-order valence-corrected chi connectivity index (χ2v) is 9.26. The Labute approximate surface area is 207 Å². The third-order valence-corrected chi connectivity index (χ3v) is 6.21. The largest absolute Gasteiger partial charge is 0.505 e. The van der Waals surface area contributed by atoms with Crippen LogP contribution in [-0.4, -0.2) is 30.6 Å². The van der Waals surface area contributed by atoms with Gasteiger partial charge in [0, 0.05) is 5.39 Å². The molecule has 0 saturated heterocycles. The molecule has 0 heterocycles. The summed E-state index contributed by atoms with van der Waals surface area (Å²) in [5.74, 6) is -0.564. The minimum absolute atomic E-state index is 0.0294. The van der Waals surface area contributed by atoms with Crippen molar-refractivity contribution in [1.82, 2.24) is 0 Å². The first-order valence-corrected chi connectivity index (χ1v) is 12.4. The Morgan fingerprint density at radius 3 is 2.47 bits per heavy atom. The number of hydrogen-bond acceptors (Lipinski definition) is 7. The van der Waals surface area contributed by atoms with Gasteiger partial charge in [-0.1, -0.05) is 42.5 Å². The number of fused-ring (bicyclic) bond motifs is 1. The van der Waals surface area contributed by atoms with Crippen molar-refractivity contribution in [2.45, 2.75) is 18.7 Å². The Morgan fingerprint density at radius 2 is 1.72 bits per heavy atom. The smallest absolute Gasteiger partial charge is 0.296 e. The monoisotopic (exact) mass is 505 g/mol. The molecule has 0 atom stereocenters. The lowest BCUT2D eigenvalue weighted by atomic mass is 10.0. The van der Waals surface area contributed by atoms with Gasteiger partial charge in [0.25, 0.3) is 16.0 Å². The zero-order chi connectivity index (χ0) is 25.9. The minimum Gasteiger partial charge on any atom is -0.505 e. The van der Waals surface area contributed by atoms with Gasteiger partial charge in [-0.05, 0) is 55.1 Å². The number of amides is 1. The molecule has 0 bridgehead atoms. The van der Waals surface area contributed by atoms with Crippen LogP contribution in [0.5, 0.6) is 11.5 Å². The molecule has 0 saturated carbocycles. The average molecular weight is 506 g/mol. The van der Waals surface area contributed by atoms with Gasteiger partial charge in [0.1, 0.15) is 22.0 Å². The van der Waals surface area contributed by atoms with Crippen LogP contribution in [0, 0.1) is 6.92 Å². The van der Waals surface area contributed by atoms with E-state index in [1.807, 2.05) is 6.92 Å². The molecule has 36 heavy (non-hydrogen) atoms. The highest BCUT2D eigenvalue weighted by Crippen LogP contribution is 2.40. The number of phenolic OH excluding ortho intramolecular Hbond substituents is 1. The third kappa shape index (κ3) is 5.19. The van der Waals surface area contributed by atoms with E-state index >= 15 is 0 Å². The number of anilines is 1. The van der Waals surface area contributed by atoms with Gasteiger partial charge in [0.05, 0.1) is 17.9 Å². The van der Waals surface area contributed by atoms with E-state index < -0.39 is 26.7 Å². The van der Waals surface area contributed by atoms with Gasteiger partial charge < -0.3 is 15.2 Å². The first-order valence-electron chi connectivity index (χ1n) is 11.0. The average Bonchev–Trinajstić information content (AvgIpc) is 2.84. The van der Waals surface area contributed by atoms with Crippen molar-refractivity contribution in [2.24, 2.45) is 10.2 Å². The lowest BCUT2D eigenvalue weighted by Gasteiger charge is -2.13. The van der Waals surface area contributed by atoms with Gasteiger partial charge in [-0.25, -0.2) is 0 Å². The SMILES string of the molecule is CCOc1ccccc1NC(=O)c1cc2ccccc2c(N=Nc2ccc(C)cc2S(=O)(=O)O)c1O. The number of benzene rings is 4. The molecule has 4 aromatic carbocycles. The van der Waals surface area contributed by atoms with Crippen LogP contribution < -0.4 is 10.1 Å². The van der Waals surface area contributed by atoms with Crippen molar-refractivity contribution in [2.75, 3.05) is 11.9 Å². The molecule has 4 rings (SSSR count). The summed E-state index contributed by atoms with van der Waals surface area (Å²) in [5.41, 5.74) is 0.816. The zero-order valence-electron chi connectivity index (χ0n) is 19.5. The van der Waals surface area contributed by atoms with Gasteiger partial charge in [0.2, 0.25) is 0 Å². The van der Waals surface area contributed by atoms with E-state index in [9.17, 15) is 22.9 Å². The Kier molecular flexibility index (Phi) is 7.00. The number of nitrogens with one attached hydrogen (secondary N) is 1. The quantitative estimate of drug-likeness (QED) is 0.203. The summed E-state index contributed by atoms with van der Waals surface area (Å²) in [5, 5.41) is 23.0. The van der Waals surface area contributed by atoms with Crippen LogP contribution in [0.1, 0.15) is 22.8 Å². The Hall–Kier alpha value is -4.28. The van der Waals surface area contributed by atoms with Crippen molar-refractivity contribution in [3.8, 4) is 11.5 Å². The van der Waals surface area contributed by atoms with Crippen LogP contribution in [0.25, 0.3) is 10.8 Å². The van der Waals surface area contributed by atoms with E-state index in [4.69, 9.17) is 4.74 Å². The predicted molar refractivity (Wildman–Crippen MR) is 136 cm³/mol. The van der Waals surface area contributed by atoms with E-state index in [2.05, 4.69) is 15.5 Å². The summed E-state index contributed by atoms with van der Waals surface area (Å²) >= 11 is 0. The molecular formula is C26H23N3O6S. The van der Waals surface area contributed by atoms with Crippen LogP contribution in [0.3, 0.4) is 0 Å². The molecule has 3 N–H and O–H groups in total. The lowest BCUT2D eigenvalue weighted by Crippen LogP contribution is -2.13. The van der Waals surface area contributed by atoms with Crippen LogP contribution in [0.15, 0.2) is 87.9 Å². The second-order valence-electron chi connectivity index (χ2n) is 7.87. The van der Waals surface area contributed by atoms with E-state index in [1.165, 1.54) is 18.2 Å². The molecule has 0 radical (unpaired) electrons. The minimum atomic E-state index is -4.57. The van der Waals surface area contributed by atoms with E-state index in [-0.39, 0.29) is 16.9 Å². The van der Waals surface area contributed by atoms with Gasteiger partial charge in [-0.15, -0.1) is 10.2 Å². The predicted octanol–water partition coefficient (Wildman–Crippen LogP) is 6.17. The first-order chi connectivity index (χ1) is 17.2. The highest BCUT2D eigenvalue weighted by molar-refractivity contribution is 7.86. The van der Waals surface area contributed by atoms with Gasteiger partial charge in [-0.3, -0.25) is 9.35 Å². The second kappa shape index (κ2) is 10.1. The number of carbonyl (C=O) groups is 1. The van der Waals surface area contributed by atoms with Crippen LogP contribution >= 0.6 is 0 Å². The highest BCUT2D eigenvalue weighted by atomic mass is 32.2. The summed E-state index contributed by atoms with van der Waals surface area (Å²) in [6.07, 6.45) is 0. The summed E-state index contributed by atoms with van der Waals surface area (Å²) < 4.78 is 38.8. The summed E-state index contributed by atoms with van der Waals surface area (Å²) in [6, 6.07) is 19.6. The normalized spacial score (nSPS) is 11.6. The number of nitrogens with zero attached hydrogens (tertiary/aromatic N) is 2. The molecule has 0 aromatic heterocycles. The van der Waals surface area contributed by atoms with E-state index in [0.29, 0.717) is 34.4 Å². The molecule has 0 spiro atoms. The van der Waals surface area contributed by atoms with Crippen molar-refractivity contribution in [1.29, 1.82) is 0 Å². The van der Waals surface area contributed by atoms with Gasteiger partial charge in [0.15, 0.2) is 5.75 Å². The number of azo groups is 1. The fourth-order valence-electron chi connectivity index (χ4n) is 3.65. The number of rotatable bonds is 7. The maximum absolute atomic E-state index is 13.2.